The molecule has 9 heteroatoms. The Kier molecular flexibility index (Phi) is 6.44. The Labute approximate surface area is 146 Å². The maximum atomic E-state index is 12.1. The maximum absolute atomic E-state index is 12.1. The lowest BCUT2D eigenvalue weighted by molar-refractivity contribution is -0.122. The summed E-state index contributed by atoms with van der Waals surface area (Å²) in [7, 11) is 0. The molecule has 128 valence electrons. The third-order valence-electron chi connectivity index (χ3n) is 3.09. The van der Waals surface area contributed by atoms with Crippen molar-refractivity contribution in [3.63, 3.8) is 0 Å². The van der Waals surface area contributed by atoms with Gasteiger partial charge in [-0.3, -0.25) is 9.59 Å². The van der Waals surface area contributed by atoms with E-state index in [1.807, 2.05) is 17.5 Å². The lowest BCUT2D eigenvalue weighted by Crippen LogP contribution is -2.33. The molecule has 0 aliphatic heterocycles. The molecule has 0 aliphatic rings. The Bertz CT molecular complexity index is 712. The summed E-state index contributed by atoms with van der Waals surface area (Å²) in [6, 6.07) is 3.40. The molecule has 1 atom stereocenters. The monoisotopic (exact) mass is 367 g/mol. The van der Waals surface area contributed by atoms with Crippen molar-refractivity contribution in [2.75, 3.05) is 6.54 Å². The fraction of sp³-hybridized carbons (Fsp3) is 0.333. The van der Waals surface area contributed by atoms with Gasteiger partial charge >= 0.3 is 5.97 Å². The van der Waals surface area contributed by atoms with E-state index in [0.29, 0.717) is 18.0 Å². The lowest BCUT2D eigenvalue weighted by Gasteiger charge is -2.16. The maximum Gasteiger partial charge on any atom is 0.355 e. The van der Waals surface area contributed by atoms with Gasteiger partial charge in [0.15, 0.2) is 5.69 Å². The van der Waals surface area contributed by atoms with Gasteiger partial charge in [0.25, 0.3) is 0 Å². The standard InChI is InChI=1S/C15H17N3O4S2/c1-9(19)17-10(12-3-2-6-23-12)7-13(20)16-5-4-14-18-11(8-24-14)15(21)22/h2-3,6,8,10H,4-5,7H2,1H3,(H,16,20)(H,17,19)(H,21,22). The Hall–Kier alpha value is -2.26. The van der Waals surface area contributed by atoms with E-state index in [-0.39, 0.29) is 30.0 Å². The van der Waals surface area contributed by atoms with E-state index in [4.69, 9.17) is 5.11 Å². The van der Waals surface area contributed by atoms with Gasteiger partial charge in [0.2, 0.25) is 11.8 Å². The quantitative estimate of drug-likeness (QED) is 0.660. The highest BCUT2D eigenvalue weighted by molar-refractivity contribution is 7.10. The number of thiophene rings is 1. The zero-order valence-corrected chi connectivity index (χ0v) is 14.6. The normalized spacial score (nSPS) is 11.7. The number of carboxylic acid groups (broad SMARTS) is 1. The molecule has 7 nitrogen and oxygen atoms in total. The number of aromatic nitrogens is 1. The third-order valence-corrected chi connectivity index (χ3v) is 4.98. The molecule has 2 rings (SSSR count). The van der Waals surface area contributed by atoms with Crippen LogP contribution in [0.3, 0.4) is 0 Å². The summed E-state index contributed by atoms with van der Waals surface area (Å²) in [4.78, 5) is 39.0. The minimum atomic E-state index is -1.06. The Morgan fingerprint density at radius 1 is 1.33 bits per heavy atom. The van der Waals surface area contributed by atoms with Crippen LogP contribution in [0.2, 0.25) is 0 Å². The van der Waals surface area contributed by atoms with Gasteiger partial charge in [-0.05, 0) is 11.4 Å². The molecule has 0 bridgehead atoms. The Morgan fingerprint density at radius 2 is 2.12 bits per heavy atom. The second-order valence-corrected chi connectivity index (χ2v) is 6.93. The molecule has 0 aromatic carbocycles. The molecule has 0 saturated carbocycles. The number of amides is 2. The average Bonchev–Trinajstić information content (AvgIpc) is 3.17. The van der Waals surface area contributed by atoms with Crippen molar-refractivity contribution >= 4 is 40.5 Å². The van der Waals surface area contributed by atoms with E-state index < -0.39 is 5.97 Å². The lowest BCUT2D eigenvalue weighted by atomic mass is 10.1. The molecule has 24 heavy (non-hydrogen) atoms. The first kappa shape index (κ1) is 18.1. The van der Waals surface area contributed by atoms with Crippen molar-refractivity contribution in [1.82, 2.24) is 15.6 Å². The third kappa shape index (κ3) is 5.43. The number of carboxylic acids is 1. The number of hydrogen-bond acceptors (Lipinski definition) is 6. The zero-order valence-electron chi connectivity index (χ0n) is 12.9. The van der Waals surface area contributed by atoms with E-state index in [1.165, 1.54) is 35.0 Å². The van der Waals surface area contributed by atoms with Crippen LogP contribution in [-0.2, 0) is 16.0 Å². The number of aromatic carboxylic acids is 1. The van der Waals surface area contributed by atoms with Crippen LogP contribution in [-0.4, -0.2) is 34.4 Å². The molecule has 0 spiro atoms. The van der Waals surface area contributed by atoms with Crippen molar-refractivity contribution < 1.29 is 19.5 Å². The summed E-state index contributed by atoms with van der Waals surface area (Å²) in [5.74, 6) is -1.43. The molecule has 0 saturated heterocycles. The van der Waals surface area contributed by atoms with E-state index in [1.54, 1.807) is 0 Å². The average molecular weight is 367 g/mol. The highest BCUT2D eigenvalue weighted by Gasteiger charge is 2.18. The minimum absolute atomic E-state index is 0.0183. The number of rotatable bonds is 8. The van der Waals surface area contributed by atoms with Crippen LogP contribution < -0.4 is 10.6 Å². The topological polar surface area (TPSA) is 108 Å². The molecule has 0 aliphatic carbocycles. The summed E-state index contributed by atoms with van der Waals surface area (Å²) >= 11 is 2.73. The van der Waals surface area contributed by atoms with Crippen LogP contribution in [0.1, 0.15) is 39.8 Å². The number of nitrogens with zero attached hydrogens (tertiary/aromatic N) is 1. The molecule has 2 heterocycles. The van der Waals surface area contributed by atoms with Crippen molar-refractivity contribution in [1.29, 1.82) is 0 Å². The predicted octanol–water partition coefficient (Wildman–Crippen LogP) is 1.83. The van der Waals surface area contributed by atoms with Crippen molar-refractivity contribution in [3.05, 3.63) is 38.5 Å². The van der Waals surface area contributed by atoms with Gasteiger partial charge in [-0.15, -0.1) is 22.7 Å². The molecule has 0 radical (unpaired) electrons. The molecule has 2 amide bonds. The molecular weight excluding hydrogens is 350 g/mol. The number of thiazole rings is 1. The largest absolute Gasteiger partial charge is 0.476 e. The van der Waals surface area contributed by atoms with E-state index >= 15 is 0 Å². The van der Waals surface area contributed by atoms with Gasteiger partial charge in [-0.1, -0.05) is 6.07 Å². The van der Waals surface area contributed by atoms with Crippen LogP contribution in [0.25, 0.3) is 0 Å². The first-order chi connectivity index (χ1) is 11.5. The minimum Gasteiger partial charge on any atom is -0.476 e. The van der Waals surface area contributed by atoms with Crippen LogP contribution in [0.4, 0.5) is 0 Å². The fourth-order valence-electron chi connectivity index (χ4n) is 2.05. The highest BCUT2D eigenvalue weighted by Crippen LogP contribution is 2.22. The van der Waals surface area contributed by atoms with Gasteiger partial charge in [0.1, 0.15) is 0 Å². The number of hydrogen-bond donors (Lipinski definition) is 3. The summed E-state index contributed by atoms with van der Waals surface area (Å²) in [5, 5.41) is 18.4. The summed E-state index contributed by atoms with van der Waals surface area (Å²) in [5.41, 5.74) is 0.0183. The second kappa shape index (κ2) is 8.55. The van der Waals surface area contributed by atoms with Crippen LogP contribution in [0.5, 0.6) is 0 Å². The van der Waals surface area contributed by atoms with E-state index in [2.05, 4.69) is 15.6 Å². The molecule has 0 fully saturated rings. The van der Waals surface area contributed by atoms with E-state index in [0.717, 1.165) is 4.88 Å². The SMILES string of the molecule is CC(=O)NC(CC(=O)NCCc1nc(C(=O)O)cs1)c1cccs1. The smallest absolute Gasteiger partial charge is 0.355 e. The van der Waals surface area contributed by atoms with Crippen molar-refractivity contribution in [2.45, 2.75) is 25.8 Å². The van der Waals surface area contributed by atoms with Crippen LogP contribution in [0, 0.1) is 0 Å². The molecule has 3 N–H and O–H groups in total. The van der Waals surface area contributed by atoms with Gasteiger partial charge in [-0.25, -0.2) is 9.78 Å². The fourth-order valence-corrected chi connectivity index (χ4v) is 3.60. The Morgan fingerprint density at radius 3 is 2.71 bits per heavy atom. The number of carbonyl (C=O) groups is 3. The predicted molar refractivity (Wildman–Crippen MR) is 91.3 cm³/mol. The molecular formula is C15H17N3O4S2. The summed E-state index contributed by atoms with van der Waals surface area (Å²) in [6.07, 6.45) is 0.617. The molecule has 2 aromatic heterocycles. The van der Waals surface area contributed by atoms with E-state index in [9.17, 15) is 14.4 Å². The van der Waals surface area contributed by atoms with Gasteiger partial charge in [0, 0.05) is 30.1 Å². The van der Waals surface area contributed by atoms with Crippen molar-refractivity contribution in [2.24, 2.45) is 0 Å². The van der Waals surface area contributed by atoms with Crippen molar-refractivity contribution in [3.8, 4) is 0 Å². The zero-order chi connectivity index (χ0) is 17.5. The van der Waals surface area contributed by atoms with Gasteiger partial charge in [-0.2, -0.15) is 0 Å². The number of nitrogens with one attached hydrogen (secondary N) is 2. The van der Waals surface area contributed by atoms with Crippen LogP contribution in [0.15, 0.2) is 22.9 Å². The highest BCUT2D eigenvalue weighted by atomic mass is 32.1. The first-order valence-corrected chi connectivity index (χ1v) is 8.96. The van der Waals surface area contributed by atoms with Gasteiger partial charge < -0.3 is 15.7 Å². The van der Waals surface area contributed by atoms with Crippen LogP contribution >= 0.6 is 22.7 Å². The Balaban J connectivity index is 1.82. The number of carbonyl (C=O) groups excluding carboxylic acids is 2. The summed E-state index contributed by atoms with van der Waals surface area (Å²) in [6.45, 7) is 1.78. The first-order valence-electron chi connectivity index (χ1n) is 7.20. The molecule has 2 aromatic rings. The van der Waals surface area contributed by atoms with Gasteiger partial charge in [0.05, 0.1) is 17.5 Å². The summed E-state index contributed by atoms with van der Waals surface area (Å²) < 4.78 is 0. The molecule has 1 unspecified atom stereocenters. The second-order valence-electron chi connectivity index (χ2n) is 5.00.